The van der Waals surface area contributed by atoms with E-state index in [4.69, 9.17) is 0 Å². The van der Waals surface area contributed by atoms with E-state index in [2.05, 4.69) is 14.8 Å². The van der Waals surface area contributed by atoms with Gasteiger partial charge in [-0.2, -0.15) is 0 Å². The van der Waals surface area contributed by atoms with Gasteiger partial charge in [0.25, 0.3) is 0 Å². The maximum Gasteiger partial charge on any atom is 0.141 e. The smallest absolute Gasteiger partial charge is 0.141 e. The molecule has 2 aliphatic heterocycles. The van der Waals surface area contributed by atoms with Crippen LogP contribution in [0.2, 0.25) is 0 Å². The molecule has 0 bridgehead atoms. The molecule has 3 aliphatic rings. The molecule has 1 N–H and O–H groups in total. The highest BCUT2D eigenvalue weighted by atomic mass is 19.1. The number of aliphatic hydroxyl groups excluding tert-OH is 1. The van der Waals surface area contributed by atoms with Gasteiger partial charge in [-0.15, -0.1) is 0 Å². The minimum Gasteiger partial charge on any atom is -0.394 e. The molecule has 6 rings (SSSR count). The topological polar surface area (TPSA) is 56.7 Å². The van der Waals surface area contributed by atoms with Crippen molar-refractivity contribution in [1.29, 1.82) is 0 Å². The molecule has 1 aromatic heterocycles. The van der Waals surface area contributed by atoms with Gasteiger partial charge in [-0.1, -0.05) is 18.2 Å². The zero-order valence-electron chi connectivity index (χ0n) is 20.4. The molecule has 3 aromatic rings. The number of pyridine rings is 1. The summed E-state index contributed by atoms with van der Waals surface area (Å²) in [5.41, 5.74) is 1.55. The Kier molecular flexibility index (Phi) is 5.90. The number of hydrogen-bond donors (Lipinski definition) is 1. The number of nitrogens with zero attached hydrogens (tertiary/aromatic N) is 3. The second-order valence-electron chi connectivity index (χ2n) is 10.9. The zero-order valence-corrected chi connectivity index (χ0v) is 20.4. The lowest BCUT2D eigenvalue weighted by Crippen LogP contribution is -2.58. The highest BCUT2D eigenvalue weighted by Gasteiger charge is 2.54. The van der Waals surface area contributed by atoms with Gasteiger partial charge < -0.3 is 5.11 Å². The average Bonchev–Trinajstić information content (AvgIpc) is 3.70. The fourth-order valence-electron chi connectivity index (χ4n) is 6.12. The number of halogens is 2. The van der Waals surface area contributed by atoms with Gasteiger partial charge in [0.05, 0.1) is 12.1 Å². The first-order chi connectivity index (χ1) is 17.4. The predicted molar refractivity (Wildman–Crippen MR) is 134 cm³/mol. The van der Waals surface area contributed by atoms with E-state index in [1.54, 1.807) is 6.20 Å². The Balaban J connectivity index is 1.16. The lowest BCUT2D eigenvalue weighted by Gasteiger charge is -2.48. The zero-order chi connectivity index (χ0) is 24.9. The van der Waals surface area contributed by atoms with Crippen molar-refractivity contribution in [3.8, 4) is 11.1 Å². The van der Waals surface area contributed by atoms with Crippen molar-refractivity contribution < 1.29 is 18.7 Å². The second kappa shape index (κ2) is 8.98. The molecule has 0 amide bonds. The highest BCUT2D eigenvalue weighted by Crippen LogP contribution is 2.47. The molecule has 188 valence electrons. The lowest BCUT2D eigenvalue weighted by molar-refractivity contribution is -0.139. The number of likely N-dealkylation sites (tertiary alicyclic amines) is 2. The summed E-state index contributed by atoms with van der Waals surface area (Å²) in [6.45, 7) is 3.00. The van der Waals surface area contributed by atoms with Crippen LogP contribution in [0.3, 0.4) is 0 Å². The van der Waals surface area contributed by atoms with Crippen LogP contribution >= 0.6 is 0 Å². The van der Waals surface area contributed by atoms with Gasteiger partial charge in [0, 0.05) is 54.2 Å². The summed E-state index contributed by atoms with van der Waals surface area (Å²) in [6, 6.07) is 12.2. The summed E-state index contributed by atoms with van der Waals surface area (Å²) in [7, 11) is 0. The Morgan fingerprint density at radius 3 is 2.39 bits per heavy atom. The molecule has 7 heteroatoms. The number of ketones is 1. The van der Waals surface area contributed by atoms with Crippen molar-refractivity contribution >= 4 is 16.7 Å². The third-order valence-corrected chi connectivity index (χ3v) is 8.76. The third-order valence-electron chi connectivity index (χ3n) is 8.76. The summed E-state index contributed by atoms with van der Waals surface area (Å²) in [4.78, 5) is 21.7. The molecule has 0 unspecified atom stereocenters. The molecule has 1 spiro atoms. The standard InChI is InChI=1S/C29H31F2N3O2/c30-24-14-22(21-4-3-20-2-1-10-32-26(20)16-21)15-25(31)23(24)17-33-12-8-28(9-13-33)18-34(11-5-27(28)36)29(19-35)6-7-29/h1-4,10,14-16,35H,5-9,11-13,17-19H2. The van der Waals surface area contributed by atoms with Crippen LogP contribution in [-0.4, -0.2) is 64.0 Å². The first kappa shape index (κ1) is 23.6. The first-order valence-corrected chi connectivity index (χ1v) is 12.9. The van der Waals surface area contributed by atoms with Crippen molar-refractivity contribution in [2.24, 2.45) is 5.41 Å². The number of Topliss-reactive ketones (excluding diaryl/α,β-unsaturated/α-hetero) is 1. The maximum atomic E-state index is 15.1. The largest absolute Gasteiger partial charge is 0.394 e. The van der Waals surface area contributed by atoms with Gasteiger partial charge in [-0.3, -0.25) is 19.6 Å². The molecule has 2 saturated heterocycles. The molecule has 1 saturated carbocycles. The third kappa shape index (κ3) is 4.13. The van der Waals surface area contributed by atoms with Gasteiger partial charge >= 0.3 is 0 Å². The minimum atomic E-state index is -0.551. The predicted octanol–water partition coefficient (Wildman–Crippen LogP) is 4.56. The van der Waals surface area contributed by atoms with E-state index in [-0.39, 0.29) is 24.3 Å². The Bertz CT molecular complexity index is 1290. The van der Waals surface area contributed by atoms with Gasteiger partial charge in [-0.05, 0) is 74.2 Å². The van der Waals surface area contributed by atoms with Crippen LogP contribution in [0.4, 0.5) is 8.78 Å². The molecular weight excluding hydrogens is 460 g/mol. The number of benzene rings is 2. The van der Waals surface area contributed by atoms with Gasteiger partial charge in [0.1, 0.15) is 17.4 Å². The lowest BCUT2D eigenvalue weighted by atomic mass is 9.71. The molecule has 2 aromatic carbocycles. The minimum absolute atomic E-state index is 0.0717. The van der Waals surface area contributed by atoms with Crippen LogP contribution in [0.15, 0.2) is 48.7 Å². The Morgan fingerprint density at radius 1 is 0.944 bits per heavy atom. The average molecular weight is 492 g/mol. The summed E-state index contributed by atoms with van der Waals surface area (Å²) in [6.07, 6.45) is 5.59. The number of rotatable bonds is 5. The highest BCUT2D eigenvalue weighted by molar-refractivity contribution is 5.86. The quantitative estimate of drug-likeness (QED) is 0.567. The van der Waals surface area contributed by atoms with Crippen molar-refractivity contribution in [2.75, 3.05) is 32.8 Å². The summed E-state index contributed by atoms with van der Waals surface area (Å²) >= 11 is 0. The van der Waals surface area contributed by atoms with Gasteiger partial charge in [-0.25, -0.2) is 8.78 Å². The SMILES string of the molecule is O=C1CCN(C2(CO)CC2)CC12CCN(Cc1c(F)cc(-c3ccc4cccnc4c3)cc1F)CC2. The molecule has 36 heavy (non-hydrogen) atoms. The van der Waals surface area contributed by atoms with Crippen LogP contribution in [0.1, 0.15) is 37.7 Å². The normalized spacial score (nSPS) is 21.8. The second-order valence-corrected chi connectivity index (χ2v) is 10.9. The van der Waals surface area contributed by atoms with Crippen LogP contribution in [0.5, 0.6) is 0 Å². The van der Waals surface area contributed by atoms with Crippen molar-refractivity contribution in [3.63, 3.8) is 0 Å². The molecule has 3 heterocycles. The van der Waals surface area contributed by atoms with Gasteiger partial charge in [0.2, 0.25) is 0 Å². The molecular formula is C29H31F2N3O2. The number of carbonyl (C=O) groups excluding carboxylic acids is 1. The van der Waals surface area contributed by atoms with Crippen LogP contribution in [0, 0.1) is 17.0 Å². The van der Waals surface area contributed by atoms with Crippen molar-refractivity contribution in [3.05, 3.63) is 65.9 Å². The molecule has 0 radical (unpaired) electrons. The maximum absolute atomic E-state index is 15.1. The van der Waals surface area contributed by atoms with E-state index < -0.39 is 17.0 Å². The van der Waals surface area contributed by atoms with Gasteiger partial charge in [0.15, 0.2) is 0 Å². The summed E-state index contributed by atoms with van der Waals surface area (Å²) in [5.74, 6) is -0.798. The van der Waals surface area contributed by atoms with E-state index in [1.165, 1.54) is 12.1 Å². The fraction of sp³-hybridized carbons (Fsp3) is 0.448. The Labute approximate surface area is 209 Å². The summed E-state index contributed by atoms with van der Waals surface area (Å²) < 4.78 is 30.3. The number of aromatic nitrogens is 1. The molecule has 5 nitrogen and oxygen atoms in total. The number of aliphatic hydroxyl groups is 1. The fourth-order valence-corrected chi connectivity index (χ4v) is 6.12. The van der Waals surface area contributed by atoms with E-state index in [1.807, 2.05) is 30.3 Å². The van der Waals surface area contributed by atoms with Crippen LogP contribution in [-0.2, 0) is 11.3 Å². The number of piperidine rings is 2. The van der Waals surface area contributed by atoms with Crippen molar-refractivity contribution in [2.45, 2.75) is 44.2 Å². The van der Waals surface area contributed by atoms with Crippen LogP contribution < -0.4 is 0 Å². The number of fused-ring (bicyclic) bond motifs is 1. The van der Waals surface area contributed by atoms with E-state index in [0.29, 0.717) is 50.2 Å². The van der Waals surface area contributed by atoms with Crippen LogP contribution in [0.25, 0.3) is 22.0 Å². The Morgan fingerprint density at radius 2 is 1.69 bits per heavy atom. The Hall–Kier alpha value is -2.74. The van der Waals surface area contributed by atoms with Crippen molar-refractivity contribution in [1.82, 2.24) is 14.8 Å². The first-order valence-electron chi connectivity index (χ1n) is 12.9. The van der Waals surface area contributed by atoms with E-state index in [9.17, 15) is 9.90 Å². The van der Waals surface area contributed by atoms with E-state index >= 15 is 8.78 Å². The summed E-state index contributed by atoms with van der Waals surface area (Å²) in [5, 5.41) is 10.8. The number of hydrogen-bond acceptors (Lipinski definition) is 5. The molecule has 1 aliphatic carbocycles. The molecule has 0 atom stereocenters. The van der Waals surface area contributed by atoms with E-state index in [0.717, 1.165) is 35.9 Å². The molecule has 3 fully saturated rings. The monoisotopic (exact) mass is 491 g/mol. The number of carbonyl (C=O) groups is 1.